The molecule has 0 N–H and O–H groups in total. The van der Waals surface area contributed by atoms with Crippen molar-refractivity contribution in [1.29, 1.82) is 0 Å². The summed E-state index contributed by atoms with van der Waals surface area (Å²) in [7, 11) is 0. The number of rotatable bonds is 7. The monoisotopic (exact) mass is 454 g/mol. The molecule has 0 aliphatic heterocycles. The van der Waals surface area contributed by atoms with Crippen LogP contribution in [0.15, 0.2) is 107 Å². The first kappa shape index (κ1) is 24.3. The number of allylic oxidation sites excluding steroid dienone is 4. The molecule has 172 valence electrons. The van der Waals surface area contributed by atoms with Gasteiger partial charge in [-0.05, 0) is 88.4 Å². The number of carbonyl (C=O) groups is 2. The minimum atomic E-state index is -0.418. The van der Waals surface area contributed by atoms with E-state index in [2.05, 4.69) is 10.2 Å². The summed E-state index contributed by atoms with van der Waals surface area (Å²) in [5.41, 5.74) is 4.36. The maximum Gasteiger partial charge on any atom is 0.343 e. The van der Waals surface area contributed by atoms with Gasteiger partial charge in [0.2, 0.25) is 0 Å². The molecule has 0 bridgehead atoms. The van der Waals surface area contributed by atoms with Crippen molar-refractivity contribution >= 4 is 17.6 Å². The average molecular weight is 455 g/mol. The minimum Gasteiger partial charge on any atom is -0.428 e. The summed E-state index contributed by atoms with van der Waals surface area (Å²) in [4.78, 5) is 24.4. The first-order valence-corrected chi connectivity index (χ1v) is 10.7. The number of ether oxygens (including phenoxy) is 2. The number of aryl methyl sites for hydroxylation is 2. The number of esters is 2. The summed E-state index contributed by atoms with van der Waals surface area (Å²) in [6.07, 6.45) is 3.37. The van der Waals surface area contributed by atoms with E-state index in [1.807, 2.05) is 38.1 Å². The third-order valence-electron chi connectivity index (χ3n) is 4.76. The maximum atomic E-state index is 12.2. The first-order valence-electron chi connectivity index (χ1n) is 10.7. The molecule has 6 heteroatoms. The van der Waals surface area contributed by atoms with Gasteiger partial charge >= 0.3 is 11.9 Å². The zero-order valence-electron chi connectivity index (χ0n) is 19.6. The molecule has 0 saturated heterocycles. The van der Waals surface area contributed by atoms with Crippen molar-refractivity contribution in [2.45, 2.75) is 27.7 Å². The van der Waals surface area contributed by atoms with E-state index in [0.29, 0.717) is 34.0 Å². The quantitative estimate of drug-likeness (QED) is 0.124. The Morgan fingerprint density at radius 1 is 0.706 bits per heavy atom. The van der Waals surface area contributed by atoms with Crippen molar-refractivity contribution in [1.82, 2.24) is 0 Å². The summed E-state index contributed by atoms with van der Waals surface area (Å²) < 4.78 is 10.7. The fourth-order valence-electron chi connectivity index (χ4n) is 2.77. The van der Waals surface area contributed by atoms with Gasteiger partial charge < -0.3 is 9.47 Å². The molecule has 0 heterocycles. The zero-order chi connectivity index (χ0) is 24.5. The van der Waals surface area contributed by atoms with Crippen LogP contribution in [0.2, 0.25) is 0 Å². The Morgan fingerprint density at radius 3 is 1.79 bits per heavy atom. The summed E-state index contributed by atoms with van der Waals surface area (Å²) in [6, 6.07) is 21.1. The maximum absolute atomic E-state index is 12.2. The lowest BCUT2D eigenvalue weighted by Gasteiger charge is -2.05. The number of carbonyl (C=O) groups excluding carboxylic acids is 2. The van der Waals surface area contributed by atoms with Crippen LogP contribution in [0.5, 0.6) is 5.75 Å². The second-order valence-electron chi connectivity index (χ2n) is 7.79. The first-order chi connectivity index (χ1) is 16.3. The van der Waals surface area contributed by atoms with Crippen molar-refractivity contribution in [3.63, 3.8) is 0 Å². The Balaban J connectivity index is 1.54. The van der Waals surface area contributed by atoms with Gasteiger partial charge in [0.1, 0.15) is 11.5 Å². The van der Waals surface area contributed by atoms with E-state index in [4.69, 9.17) is 9.47 Å². The Morgan fingerprint density at radius 2 is 1.24 bits per heavy atom. The SMILES string of the molecule is C/C(=C\C=C(/C)OC(=O)c1ccc(C)cc1)N=Nc1ccc(OC(=O)c2ccc(C)cc2)cc1. The van der Waals surface area contributed by atoms with E-state index < -0.39 is 11.9 Å². The molecule has 0 atom stereocenters. The van der Waals surface area contributed by atoms with Crippen LogP contribution in [0.3, 0.4) is 0 Å². The van der Waals surface area contributed by atoms with E-state index in [1.54, 1.807) is 74.5 Å². The molecule has 0 aliphatic carbocycles. The molecule has 0 fully saturated rings. The Kier molecular flexibility index (Phi) is 8.24. The second-order valence-corrected chi connectivity index (χ2v) is 7.79. The van der Waals surface area contributed by atoms with Crippen LogP contribution in [0.25, 0.3) is 0 Å². The molecule has 3 aromatic rings. The second kappa shape index (κ2) is 11.5. The smallest absolute Gasteiger partial charge is 0.343 e. The predicted octanol–water partition coefficient (Wildman–Crippen LogP) is 7.27. The van der Waals surface area contributed by atoms with Gasteiger partial charge in [-0.2, -0.15) is 10.2 Å². The molecular weight excluding hydrogens is 428 g/mol. The summed E-state index contributed by atoms with van der Waals surface area (Å²) in [5.74, 6) is 0.0357. The zero-order valence-corrected chi connectivity index (χ0v) is 19.6. The highest BCUT2D eigenvalue weighted by atomic mass is 16.5. The van der Waals surface area contributed by atoms with E-state index >= 15 is 0 Å². The molecular formula is C28H26N2O4. The lowest BCUT2D eigenvalue weighted by Crippen LogP contribution is -2.08. The van der Waals surface area contributed by atoms with E-state index in [9.17, 15) is 9.59 Å². The van der Waals surface area contributed by atoms with Crippen LogP contribution in [0.4, 0.5) is 5.69 Å². The number of azo groups is 1. The topological polar surface area (TPSA) is 77.3 Å². The van der Waals surface area contributed by atoms with Gasteiger partial charge in [0.05, 0.1) is 22.5 Å². The minimum absolute atomic E-state index is 0.412. The summed E-state index contributed by atoms with van der Waals surface area (Å²) in [5, 5.41) is 8.32. The van der Waals surface area contributed by atoms with Crippen molar-refractivity contribution in [3.8, 4) is 5.75 Å². The van der Waals surface area contributed by atoms with Crippen molar-refractivity contribution < 1.29 is 19.1 Å². The van der Waals surface area contributed by atoms with Crippen molar-refractivity contribution in [3.05, 3.63) is 119 Å². The van der Waals surface area contributed by atoms with E-state index in [-0.39, 0.29) is 0 Å². The predicted molar refractivity (Wildman–Crippen MR) is 131 cm³/mol. The van der Waals surface area contributed by atoms with E-state index in [1.165, 1.54) is 0 Å². The normalized spacial score (nSPS) is 12.0. The molecule has 34 heavy (non-hydrogen) atoms. The standard InChI is InChI=1S/C28H26N2O4/c1-19-5-11-23(12-6-19)27(31)33-22(4)10-9-21(3)29-30-25-15-17-26(18-16-25)34-28(32)24-13-7-20(2)8-14-24/h5-18H,1-4H3/b21-9+,22-10+,30-29?. The molecule has 3 aromatic carbocycles. The molecule has 0 amide bonds. The average Bonchev–Trinajstić information content (AvgIpc) is 2.83. The number of nitrogens with zero attached hydrogens (tertiary/aromatic N) is 2. The van der Waals surface area contributed by atoms with Crippen LogP contribution >= 0.6 is 0 Å². The Labute approximate surface area is 199 Å². The molecule has 0 aliphatic rings. The van der Waals surface area contributed by atoms with Crippen LogP contribution in [0, 0.1) is 13.8 Å². The van der Waals surface area contributed by atoms with E-state index in [0.717, 1.165) is 11.1 Å². The van der Waals surface area contributed by atoms with Crippen molar-refractivity contribution in [2.24, 2.45) is 10.2 Å². The van der Waals surface area contributed by atoms with Crippen LogP contribution in [-0.2, 0) is 4.74 Å². The molecule has 0 radical (unpaired) electrons. The van der Waals surface area contributed by atoms with Crippen LogP contribution in [-0.4, -0.2) is 11.9 Å². The molecule has 3 rings (SSSR count). The molecule has 0 saturated carbocycles. The largest absolute Gasteiger partial charge is 0.428 e. The third kappa shape index (κ3) is 7.38. The highest BCUT2D eigenvalue weighted by molar-refractivity contribution is 5.91. The van der Waals surface area contributed by atoms with Gasteiger partial charge in [-0.3, -0.25) is 0 Å². The Hall–Kier alpha value is -4.32. The number of hydrogen-bond donors (Lipinski definition) is 0. The number of benzene rings is 3. The van der Waals surface area contributed by atoms with Gasteiger partial charge in [0.25, 0.3) is 0 Å². The lowest BCUT2D eigenvalue weighted by atomic mass is 10.1. The van der Waals surface area contributed by atoms with Gasteiger partial charge in [-0.1, -0.05) is 35.4 Å². The molecule has 0 unspecified atom stereocenters. The highest BCUT2D eigenvalue weighted by Crippen LogP contribution is 2.20. The Bertz CT molecular complexity index is 1240. The highest BCUT2D eigenvalue weighted by Gasteiger charge is 2.08. The summed E-state index contributed by atoms with van der Waals surface area (Å²) in [6.45, 7) is 7.40. The third-order valence-corrected chi connectivity index (χ3v) is 4.76. The molecule has 6 nitrogen and oxygen atoms in total. The van der Waals surface area contributed by atoms with Gasteiger partial charge in [-0.25, -0.2) is 9.59 Å². The van der Waals surface area contributed by atoms with Gasteiger partial charge in [0.15, 0.2) is 0 Å². The fraction of sp³-hybridized carbons (Fsp3) is 0.143. The molecule has 0 aromatic heterocycles. The van der Waals surface area contributed by atoms with Crippen molar-refractivity contribution in [2.75, 3.05) is 0 Å². The fourth-order valence-corrected chi connectivity index (χ4v) is 2.77. The van der Waals surface area contributed by atoms with Gasteiger partial charge in [-0.15, -0.1) is 0 Å². The van der Waals surface area contributed by atoms with Crippen LogP contribution in [0.1, 0.15) is 45.7 Å². The van der Waals surface area contributed by atoms with Crippen LogP contribution < -0.4 is 4.74 Å². The number of hydrogen-bond acceptors (Lipinski definition) is 6. The lowest BCUT2D eigenvalue weighted by molar-refractivity contribution is 0.0625. The van der Waals surface area contributed by atoms with Gasteiger partial charge in [0, 0.05) is 0 Å². The summed E-state index contributed by atoms with van der Waals surface area (Å²) >= 11 is 0. The molecule has 0 spiro atoms.